The summed E-state index contributed by atoms with van der Waals surface area (Å²) in [7, 11) is 2.08. The number of fused-ring (bicyclic) bond motifs is 1. The summed E-state index contributed by atoms with van der Waals surface area (Å²) in [6, 6.07) is 0. The Kier molecular flexibility index (Phi) is 1.93. The summed E-state index contributed by atoms with van der Waals surface area (Å²) in [5.74, 6) is 2.62. The Balaban J connectivity index is 1.98. The van der Waals surface area contributed by atoms with Crippen LogP contribution >= 0.6 is 0 Å². The molecule has 1 aromatic rings. The molecule has 1 aromatic heterocycles. The molecule has 3 rings (SSSR count). The molecule has 3 heteroatoms. The number of hydrogen-bond donors (Lipinski definition) is 1. The predicted molar refractivity (Wildman–Crippen MR) is 59.9 cm³/mol. The van der Waals surface area contributed by atoms with Crippen molar-refractivity contribution in [2.45, 2.75) is 26.2 Å². The van der Waals surface area contributed by atoms with Crippen LogP contribution in [0, 0.1) is 18.8 Å². The minimum atomic E-state index is 0.815. The molecule has 1 aliphatic heterocycles. The van der Waals surface area contributed by atoms with Crippen LogP contribution in [0.25, 0.3) is 0 Å². The fourth-order valence-corrected chi connectivity index (χ4v) is 3.42. The minimum Gasteiger partial charge on any atom is -0.316 e. The molecule has 1 N–H and O–H groups in total. The van der Waals surface area contributed by atoms with Crippen LogP contribution in [0.3, 0.4) is 0 Å². The number of hydrogen-bond acceptors (Lipinski definition) is 2. The van der Waals surface area contributed by atoms with E-state index in [-0.39, 0.29) is 0 Å². The summed E-state index contributed by atoms with van der Waals surface area (Å²) < 4.78 is 2.08. The summed E-state index contributed by atoms with van der Waals surface area (Å²) in [5, 5.41) is 8.02. The second-order valence-corrected chi connectivity index (χ2v) is 4.93. The van der Waals surface area contributed by atoms with E-state index in [4.69, 9.17) is 0 Å². The third-order valence-corrected chi connectivity index (χ3v) is 4.15. The normalized spacial score (nSPS) is 33.1. The van der Waals surface area contributed by atoms with Gasteiger partial charge in [0.1, 0.15) is 0 Å². The van der Waals surface area contributed by atoms with E-state index in [2.05, 4.69) is 36.0 Å². The molecule has 1 saturated carbocycles. The van der Waals surface area contributed by atoms with Crippen molar-refractivity contribution >= 4 is 0 Å². The highest BCUT2D eigenvalue weighted by Crippen LogP contribution is 2.57. The van der Waals surface area contributed by atoms with E-state index in [1.54, 1.807) is 5.56 Å². The number of nitrogens with one attached hydrogen (secondary N) is 1. The second kappa shape index (κ2) is 3.08. The topological polar surface area (TPSA) is 29.9 Å². The SMILES string of the molecule is CCc1c(C2[C@H]3CNC[C@@H]23)c(C)nn1C. The van der Waals surface area contributed by atoms with Crippen molar-refractivity contribution in [2.24, 2.45) is 18.9 Å². The highest BCUT2D eigenvalue weighted by molar-refractivity contribution is 5.37. The van der Waals surface area contributed by atoms with E-state index in [1.807, 2.05) is 0 Å². The van der Waals surface area contributed by atoms with Gasteiger partial charge < -0.3 is 5.32 Å². The number of piperidine rings is 1. The Hall–Kier alpha value is -0.830. The monoisotopic (exact) mass is 205 g/mol. The van der Waals surface area contributed by atoms with Gasteiger partial charge in [-0.3, -0.25) is 4.68 Å². The molecule has 2 aliphatic rings. The van der Waals surface area contributed by atoms with E-state index in [0.29, 0.717) is 0 Å². The fourth-order valence-electron chi connectivity index (χ4n) is 3.42. The van der Waals surface area contributed by atoms with Crippen molar-refractivity contribution < 1.29 is 0 Å². The number of aromatic nitrogens is 2. The molecule has 0 bridgehead atoms. The minimum absolute atomic E-state index is 0.815. The third-order valence-electron chi connectivity index (χ3n) is 4.15. The molecule has 3 nitrogen and oxygen atoms in total. The number of aryl methyl sites for hydroxylation is 2. The average molecular weight is 205 g/mol. The van der Waals surface area contributed by atoms with Gasteiger partial charge in [-0.05, 0) is 49.8 Å². The smallest absolute Gasteiger partial charge is 0.0631 e. The number of nitrogens with zero attached hydrogens (tertiary/aromatic N) is 2. The lowest BCUT2D eigenvalue weighted by molar-refractivity contribution is 0.672. The molecule has 1 aliphatic carbocycles. The molecule has 3 atom stereocenters. The van der Waals surface area contributed by atoms with Gasteiger partial charge >= 0.3 is 0 Å². The zero-order valence-electron chi connectivity index (χ0n) is 9.75. The maximum absolute atomic E-state index is 4.57. The van der Waals surface area contributed by atoms with Gasteiger partial charge in [-0.25, -0.2) is 0 Å². The van der Waals surface area contributed by atoms with Gasteiger partial charge in [-0.2, -0.15) is 5.10 Å². The molecule has 2 heterocycles. The Labute approximate surface area is 90.9 Å². The quantitative estimate of drug-likeness (QED) is 0.787. The Morgan fingerprint density at radius 3 is 2.67 bits per heavy atom. The van der Waals surface area contributed by atoms with Crippen molar-refractivity contribution in [1.29, 1.82) is 0 Å². The summed E-state index contributed by atoms with van der Waals surface area (Å²) >= 11 is 0. The van der Waals surface area contributed by atoms with Gasteiger partial charge in [0.05, 0.1) is 5.69 Å². The predicted octanol–water partition coefficient (Wildman–Crippen LogP) is 1.22. The van der Waals surface area contributed by atoms with Crippen LogP contribution in [0.15, 0.2) is 0 Å². The molecular weight excluding hydrogens is 186 g/mol. The van der Waals surface area contributed by atoms with E-state index < -0.39 is 0 Å². The molecule has 0 amide bonds. The first-order valence-electron chi connectivity index (χ1n) is 5.97. The Bertz CT molecular complexity index is 384. The average Bonchev–Trinajstić information content (AvgIpc) is 2.61. The van der Waals surface area contributed by atoms with Crippen LogP contribution in [0.2, 0.25) is 0 Å². The van der Waals surface area contributed by atoms with E-state index >= 15 is 0 Å². The van der Waals surface area contributed by atoms with Crippen LogP contribution in [0.5, 0.6) is 0 Å². The van der Waals surface area contributed by atoms with Crippen molar-refractivity contribution in [3.63, 3.8) is 0 Å². The maximum Gasteiger partial charge on any atom is 0.0631 e. The van der Waals surface area contributed by atoms with E-state index in [1.165, 1.54) is 24.5 Å². The Morgan fingerprint density at radius 2 is 2.07 bits per heavy atom. The highest BCUT2D eigenvalue weighted by Gasteiger charge is 2.55. The lowest BCUT2D eigenvalue weighted by Gasteiger charge is -2.06. The van der Waals surface area contributed by atoms with E-state index in [9.17, 15) is 0 Å². The van der Waals surface area contributed by atoms with Crippen molar-refractivity contribution in [3.8, 4) is 0 Å². The molecule has 0 aromatic carbocycles. The first-order valence-corrected chi connectivity index (χ1v) is 5.97. The van der Waals surface area contributed by atoms with Crippen molar-refractivity contribution in [1.82, 2.24) is 15.1 Å². The highest BCUT2D eigenvalue weighted by atomic mass is 15.3. The molecule has 0 radical (unpaired) electrons. The standard InChI is InChI=1S/C12H19N3/c1-4-10-11(7(2)14-15(10)3)12-8-5-13-6-9(8)12/h8-9,12-13H,4-6H2,1-3H3/t8-,9+,12?. The third kappa shape index (κ3) is 1.19. The zero-order valence-corrected chi connectivity index (χ0v) is 9.75. The van der Waals surface area contributed by atoms with Gasteiger partial charge in [0.25, 0.3) is 0 Å². The lowest BCUT2D eigenvalue weighted by atomic mass is 10.0. The molecular formula is C12H19N3. The van der Waals surface area contributed by atoms with E-state index in [0.717, 1.165) is 24.2 Å². The summed E-state index contributed by atoms with van der Waals surface area (Å²) in [4.78, 5) is 0. The van der Waals surface area contributed by atoms with Crippen LogP contribution in [0.1, 0.15) is 29.8 Å². The first kappa shape index (κ1) is 9.40. The van der Waals surface area contributed by atoms with Crippen LogP contribution < -0.4 is 5.32 Å². The second-order valence-electron chi connectivity index (χ2n) is 4.93. The molecule has 1 saturated heterocycles. The molecule has 1 unspecified atom stereocenters. The summed E-state index contributed by atoms with van der Waals surface area (Å²) in [5.41, 5.74) is 4.28. The number of rotatable bonds is 2. The van der Waals surface area contributed by atoms with Gasteiger partial charge in [0, 0.05) is 12.7 Å². The van der Waals surface area contributed by atoms with Gasteiger partial charge in [0.2, 0.25) is 0 Å². The van der Waals surface area contributed by atoms with Gasteiger partial charge in [0.15, 0.2) is 0 Å². The van der Waals surface area contributed by atoms with Crippen LogP contribution in [-0.2, 0) is 13.5 Å². The zero-order chi connectivity index (χ0) is 10.6. The Morgan fingerprint density at radius 1 is 1.40 bits per heavy atom. The summed E-state index contributed by atoms with van der Waals surface area (Å²) in [6.07, 6.45) is 1.11. The molecule has 0 spiro atoms. The molecule has 82 valence electrons. The van der Waals surface area contributed by atoms with Crippen molar-refractivity contribution in [2.75, 3.05) is 13.1 Å². The fraction of sp³-hybridized carbons (Fsp3) is 0.750. The van der Waals surface area contributed by atoms with Gasteiger partial charge in [-0.1, -0.05) is 6.92 Å². The summed E-state index contributed by atoms with van der Waals surface area (Å²) in [6.45, 7) is 6.83. The van der Waals surface area contributed by atoms with Crippen LogP contribution in [0.4, 0.5) is 0 Å². The molecule has 2 fully saturated rings. The maximum atomic E-state index is 4.57. The molecule has 15 heavy (non-hydrogen) atoms. The van der Waals surface area contributed by atoms with Crippen molar-refractivity contribution in [3.05, 3.63) is 17.0 Å². The first-order chi connectivity index (χ1) is 7.24. The lowest BCUT2D eigenvalue weighted by Crippen LogP contribution is -2.14. The largest absolute Gasteiger partial charge is 0.316 e. The van der Waals surface area contributed by atoms with Gasteiger partial charge in [-0.15, -0.1) is 0 Å². The van der Waals surface area contributed by atoms with Crippen LogP contribution in [-0.4, -0.2) is 22.9 Å².